The number of ether oxygens (including phenoxy) is 2. The van der Waals surface area contributed by atoms with Crippen LogP contribution in [0.2, 0.25) is 0 Å². The number of nitrogens with two attached hydrogens (primary N) is 1. The van der Waals surface area contributed by atoms with Crippen molar-refractivity contribution in [2.45, 2.75) is 32.7 Å². The molecule has 7 nitrogen and oxygen atoms in total. The molecule has 1 amide bonds. The first kappa shape index (κ1) is 19.7. The van der Waals surface area contributed by atoms with E-state index >= 15 is 0 Å². The summed E-state index contributed by atoms with van der Waals surface area (Å²) >= 11 is 0. The van der Waals surface area contributed by atoms with E-state index in [1.807, 2.05) is 25.1 Å². The van der Waals surface area contributed by atoms with Crippen molar-refractivity contribution in [3.63, 3.8) is 0 Å². The molecule has 0 aliphatic heterocycles. The summed E-state index contributed by atoms with van der Waals surface area (Å²) < 4.78 is 10.3. The Morgan fingerprint density at radius 2 is 2.08 bits per heavy atom. The number of pyridine rings is 2. The molecule has 0 aliphatic carbocycles. The van der Waals surface area contributed by atoms with E-state index in [4.69, 9.17) is 10.5 Å². The quantitative estimate of drug-likeness (QED) is 0.786. The summed E-state index contributed by atoms with van der Waals surface area (Å²) in [6.07, 6.45) is 3.57. The smallest absolute Gasteiger partial charge is 0.412 e. The van der Waals surface area contributed by atoms with Crippen LogP contribution in [0.25, 0.3) is 11.3 Å². The van der Waals surface area contributed by atoms with Gasteiger partial charge in [0.2, 0.25) is 0 Å². The molecule has 0 spiro atoms. The molecule has 26 heavy (non-hydrogen) atoms. The molecule has 0 aliphatic rings. The van der Waals surface area contributed by atoms with Crippen LogP contribution in [0.5, 0.6) is 5.75 Å². The molecule has 2 aromatic rings. The van der Waals surface area contributed by atoms with Gasteiger partial charge in [-0.05, 0) is 43.5 Å². The monoisotopic (exact) mass is 358 g/mol. The van der Waals surface area contributed by atoms with Crippen molar-refractivity contribution in [2.75, 3.05) is 19.0 Å². The van der Waals surface area contributed by atoms with E-state index in [0.29, 0.717) is 24.1 Å². The fraction of sp³-hybridized carbons (Fsp3) is 0.421. The number of carbonyl (C=O) groups excluding carboxylic acids is 1. The first-order chi connectivity index (χ1) is 12.3. The molecule has 3 N–H and O–H groups in total. The molecule has 0 unspecified atom stereocenters. The van der Waals surface area contributed by atoms with Crippen LogP contribution in [-0.4, -0.2) is 35.3 Å². The fourth-order valence-corrected chi connectivity index (χ4v) is 2.69. The van der Waals surface area contributed by atoms with Crippen molar-refractivity contribution in [1.29, 1.82) is 0 Å². The highest BCUT2D eigenvalue weighted by Gasteiger charge is 2.21. The SMILES string of the molecule is COC(=O)Nc1cc(-c2ccc(OC[C@@](C)(N)CC(C)C)cn2)ccn1. The lowest BCUT2D eigenvalue weighted by Crippen LogP contribution is -2.43. The minimum absolute atomic E-state index is 0.383. The zero-order valence-corrected chi connectivity index (χ0v) is 15.7. The third-order valence-electron chi connectivity index (χ3n) is 3.65. The number of rotatable bonds is 7. The Morgan fingerprint density at radius 1 is 1.31 bits per heavy atom. The van der Waals surface area contributed by atoms with Gasteiger partial charge in [0, 0.05) is 17.3 Å². The number of hydrogen-bond acceptors (Lipinski definition) is 6. The minimum atomic E-state index is -0.572. The molecule has 2 rings (SSSR count). The molecule has 0 saturated carbocycles. The van der Waals surface area contributed by atoms with E-state index in [1.54, 1.807) is 18.5 Å². The molecule has 2 heterocycles. The number of methoxy groups -OCH3 is 1. The number of aromatic nitrogens is 2. The van der Waals surface area contributed by atoms with Crippen molar-refractivity contribution in [3.05, 3.63) is 36.7 Å². The van der Waals surface area contributed by atoms with Gasteiger partial charge in [0.05, 0.1) is 19.0 Å². The summed E-state index contributed by atoms with van der Waals surface area (Å²) in [5.41, 5.74) is 7.44. The number of nitrogens with zero attached hydrogens (tertiary/aromatic N) is 2. The molecule has 140 valence electrons. The molecule has 1 atom stereocenters. The molecule has 0 fully saturated rings. The second kappa shape index (κ2) is 8.62. The maximum absolute atomic E-state index is 11.3. The Morgan fingerprint density at radius 3 is 2.69 bits per heavy atom. The third kappa shape index (κ3) is 6.00. The van der Waals surface area contributed by atoms with Gasteiger partial charge in [-0.25, -0.2) is 9.78 Å². The van der Waals surface area contributed by atoms with E-state index in [2.05, 4.69) is 33.9 Å². The maximum Gasteiger partial charge on any atom is 0.412 e. The van der Waals surface area contributed by atoms with E-state index in [0.717, 1.165) is 17.7 Å². The molecular weight excluding hydrogens is 332 g/mol. The van der Waals surface area contributed by atoms with Crippen LogP contribution in [0.3, 0.4) is 0 Å². The van der Waals surface area contributed by atoms with Gasteiger partial charge in [-0.1, -0.05) is 13.8 Å². The van der Waals surface area contributed by atoms with Crippen molar-refractivity contribution in [2.24, 2.45) is 11.7 Å². The number of carbonyl (C=O) groups is 1. The predicted octanol–water partition coefficient (Wildman–Crippen LogP) is 3.46. The van der Waals surface area contributed by atoms with Gasteiger partial charge in [0.25, 0.3) is 0 Å². The topological polar surface area (TPSA) is 99.4 Å². The first-order valence-electron chi connectivity index (χ1n) is 8.48. The normalized spacial score (nSPS) is 13.2. The molecule has 7 heteroatoms. The second-order valence-corrected chi connectivity index (χ2v) is 6.97. The largest absolute Gasteiger partial charge is 0.490 e. The minimum Gasteiger partial charge on any atom is -0.490 e. The molecule has 0 aromatic carbocycles. The van der Waals surface area contributed by atoms with Gasteiger partial charge in [-0.2, -0.15) is 0 Å². The van der Waals surface area contributed by atoms with Crippen LogP contribution in [0.1, 0.15) is 27.2 Å². The van der Waals surface area contributed by atoms with Gasteiger partial charge in [-0.15, -0.1) is 0 Å². The standard InChI is InChI=1S/C19H26N4O3/c1-13(2)10-19(3,20)12-26-15-5-6-16(22-11-15)14-7-8-21-17(9-14)23-18(24)25-4/h5-9,11,13H,10,12,20H2,1-4H3,(H,21,23,24)/t19-/m0/s1. The first-order valence-corrected chi connectivity index (χ1v) is 8.48. The highest BCUT2D eigenvalue weighted by molar-refractivity contribution is 5.84. The van der Waals surface area contributed by atoms with Crippen LogP contribution in [0.4, 0.5) is 10.6 Å². The zero-order chi connectivity index (χ0) is 19.2. The average Bonchev–Trinajstić information content (AvgIpc) is 2.59. The van der Waals surface area contributed by atoms with Crippen molar-refractivity contribution in [3.8, 4) is 17.0 Å². The molecule has 0 radical (unpaired) electrons. The highest BCUT2D eigenvalue weighted by Crippen LogP contribution is 2.22. The lowest BCUT2D eigenvalue weighted by atomic mass is 9.93. The van der Waals surface area contributed by atoms with Gasteiger partial charge < -0.3 is 15.2 Å². The Labute approximate surface area is 153 Å². The van der Waals surface area contributed by atoms with Crippen LogP contribution < -0.4 is 15.8 Å². The zero-order valence-electron chi connectivity index (χ0n) is 15.7. The molecule has 2 aromatic heterocycles. The molecule has 0 saturated heterocycles. The van der Waals surface area contributed by atoms with Gasteiger partial charge in [0.15, 0.2) is 0 Å². The van der Waals surface area contributed by atoms with Crippen molar-refractivity contribution >= 4 is 11.9 Å². The Kier molecular flexibility index (Phi) is 6.52. The number of anilines is 1. The number of hydrogen-bond donors (Lipinski definition) is 2. The van der Waals surface area contributed by atoms with Gasteiger partial charge >= 0.3 is 6.09 Å². The number of nitrogens with one attached hydrogen (secondary N) is 1. The summed E-state index contributed by atoms with van der Waals surface area (Å²) in [6.45, 7) is 6.69. The second-order valence-electron chi connectivity index (χ2n) is 6.97. The number of amides is 1. The van der Waals surface area contributed by atoms with E-state index in [1.165, 1.54) is 7.11 Å². The predicted molar refractivity (Wildman–Crippen MR) is 101 cm³/mol. The summed E-state index contributed by atoms with van der Waals surface area (Å²) in [7, 11) is 1.30. The molecular formula is C19H26N4O3. The third-order valence-corrected chi connectivity index (χ3v) is 3.65. The van der Waals surface area contributed by atoms with Crippen LogP contribution in [0.15, 0.2) is 36.7 Å². The van der Waals surface area contributed by atoms with Crippen molar-refractivity contribution in [1.82, 2.24) is 9.97 Å². The highest BCUT2D eigenvalue weighted by atomic mass is 16.5. The maximum atomic E-state index is 11.3. The van der Waals surface area contributed by atoms with E-state index < -0.39 is 6.09 Å². The summed E-state index contributed by atoms with van der Waals surface area (Å²) in [4.78, 5) is 19.8. The van der Waals surface area contributed by atoms with Gasteiger partial charge in [0.1, 0.15) is 18.2 Å². The van der Waals surface area contributed by atoms with Gasteiger partial charge in [-0.3, -0.25) is 10.3 Å². The van der Waals surface area contributed by atoms with E-state index in [-0.39, 0.29) is 5.54 Å². The summed E-state index contributed by atoms with van der Waals surface area (Å²) in [5, 5.41) is 2.53. The Balaban J connectivity index is 2.03. The fourth-order valence-electron chi connectivity index (χ4n) is 2.69. The van der Waals surface area contributed by atoms with Crippen LogP contribution >= 0.6 is 0 Å². The Bertz CT molecular complexity index is 730. The summed E-state index contributed by atoms with van der Waals surface area (Å²) in [6, 6.07) is 7.23. The van der Waals surface area contributed by atoms with Crippen LogP contribution in [0, 0.1) is 5.92 Å². The Hall–Kier alpha value is -2.67. The summed E-state index contributed by atoms with van der Waals surface area (Å²) in [5.74, 6) is 1.56. The molecule has 0 bridgehead atoms. The van der Waals surface area contributed by atoms with E-state index in [9.17, 15) is 4.79 Å². The van der Waals surface area contributed by atoms with Crippen molar-refractivity contribution < 1.29 is 14.3 Å². The van der Waals surface area contributed by atoms with Crippen LogP contribution in [-0.2, 0) is 4.74 Å². The lowest BCUT2D eigenvalue weighted by Gasteiger charge is -2.26. The lowest BCUT2D eigenvalue weighted by molar-refractivity contribution is 0.187. The average molecular weight is 358 g/mol.